The van der Waals surface area contributed by atoms with E-state index >= 15 is 0 Å². The first-order chi connectivity index (χ1) is 4.47. The van der Waals surface area contributed by atoms with Crippen LogP contribution in [0.2, 0.25) is 0 Å². The molecule has 0 bridgehead atoms. The molecule has 0 saturated carbocycles. The number of nitrogens with zero attached hydrogens (tertiary/aromatic N) is 2. The lowest BCUT2D eigenvalue weighted by molar-refractivity contribution is 0.315. The van der Waals surface area contributed by atoms with Crippen molar-refractivity contribution < 1.29 is 4.74 Å². The normalized spacial score (nSPS) is 21.3. The number of rotatable bonds is 0. The standard InChI is InChI=1S/C6H6N2O/c1-2-7-5-8-3-4-9-6(1)8/h1,3-5H,2H2. The van der Waals surface area contributed by atoms with Gasteiger partial charge in [0.2, 0.25) is 5.88 Å². The first-order valence-corrected chi connectivity index (χ1v) is 2.78. The van der Waals surface area contributed by atoms with E-state index in [2.05, 4.69) is 4.99 Å². The predicted octanol–water partition coefficient (Wildman–Crippen LogP) is 0.673. The summed E-state index contributed by atoms with van der Waals surface area (Å²) < 4.78 is 5.07. The van der Waals surface area contributed by atoms with Crippen LogP contribution in [0.3, 0.4) is 0 Å². The Kier molecular flexibility index (Phi) is 0.828. The Morgan fingerprint density at radius 2 is 2.67 bits per heavy atom. The molecule has 0 saturated heterocycles. The maximum atomic E-state index is 5.07. The SMILES string of the molecule is C1=CN2C=NCC=C2O1. The molecule has 2 rings (SSSR count). The van der Waals surface area contributed by atoms with Gasteiger partial charge >= 0.3 is 0 Å². The highest BCUT2D eigenvalue weighted by molar-refractivity contribution is 5.61. The Hall–Kier alpha value is -1.25. The van der Waals surface area contributed by atoms with Crippen LogP contribution < -0.4 is 0 Å². The fraction of sp³-hybridized carbons (Fsp3) is 0.167. The molecule has 0 unspecified atom stereocenters. The number of hydrogen-bond acceptors (Lipinski definition) is 3. The molecule has 9 heavy (non-hydrogen) atoms. The number of ether oxygens (including phenoxy) is 1. The summed E-state index contributed by atoms with van der Waals surface area (Å²) in [5.41, 5.74) is 0. The largest absolute Gasteiger partial charge is 0.447 e. The fourth-order valence-electron chi connectivity index (χ4n) is 0.815. The van der Waals surface area contributed by atoms with Crippen LogP contribution in [-0.2, 0) is 4.74 Å². The van der Waals surface area contributed by atoms with E-state index in [4.69, 9.17) is 4.74 Å². The molecule has 0 aromatic carbocycles. The molecule has 46 valence electrons. The van der Waals surface area contributed by atoms with E-state index in [-0.39, 0.29) is 0 Å². The lowest BCUT2D eigenvalue weighted by Gasteiger charge is -2.12. The highest BCUT2D eigenvalue weighted by Crippen LogP contribution is 2.14. The van der Waals surface area contributed by atoms with E-state index < -0.39 is 0 Å². The van der Waals surface area contributed by atoms with E-state index in [9.17, 15) is 0 Å². The van der Waals surface area contributed by atoms with Crippen LogP contribution in [0.1, 0.15) is 0 Å². The van der Waals surface area contributed by atoms with Gasteiger partial charge in [-0.05, 0) is 6.08 Å². The Morgan fingerprint density at radius 3 is 3.56 bits per heavy atom. The molecule has 0 spiro atoms. The summed E-state index contributed by atoms with van der Waals surface area (Å²) in [5.74, 6) is 0.866. The minimum atomic E-state index is 0.730. The third-order valence-electron chi connectivity index (χ3n) is 1.24. The molecule has 2 aliphatic heterocycles. The molecular weight excluding hydrogens is 116 g/mol. The average Bonchev–Trinajstić information content (AvgIpc) is 2.33. The Balaban J connectivity index is 2.29. The van der Waals surface area contributed by atoms with Gasteiger partial charge in [0.1, 0.15) is 6.26 Å². The predicted molar refractivity (Wildman–Crippen MR) is 33.5 cm³/mol. The highest BCUT2D eigenvalue weighted by atomic mass is 16.5. The quantitative estimate of drug-likeness (QED) is 0.471. The van der Waals surface area contributed by atoms with E-state index in [1.165, 1.54) is 0 Å². The molecule has 0 atom stereocenters. The Morgan fingerprint density at radius 1 is 1.67 bits per heavy atom. The first kappa shape index (κ1) is 4.61. The van der Waals surface area contributed by atoms with Gasteiger partial charge in [-0.15, -0.1) is 0 Å². The summed E-state index contributed by atoms with van der Waals surface area (Å²) in [6, 6.07) is 0. The maximum absolute atomic E-state index is 5.07. The summed E-state index contributed by atoms with van der Waals surface area (Å²) in [6.07, 6.45) is 7.15. The van der Waals surface area contributed by atoms with Crippen molar-refractivity contribution in [2.75, 3.05) is 6.54 Å². The molecule has 0 amide bonds. The fourth-order valence-corrected chi connectivity index (χ4v) is 0.815. The molecule has 3 nitrogen and oxygen atoms in total. The lowest BCUT2D eigenvalue weighted by atomic mass is 10.5. The number of aliphatic imine (C=N–C) groups is 1. The average molecular weight is 122 g/mol. The summed E-state index contributed by atoms with van der Waals surface area (Å²) in [6.45, 7) is 0.730. The molecular formula is C6H6N2O. The van der Waals surface area contributed by atoms with Gasteiger partial charge in [0.05, 0.1) is 12.9 Å². The number of hydrogen-bond donors (Lipinski definition) is 0. The molecule has 0 aliphatic carbocycles. The van der Waals surface area contributed by atoms with Gasteiger partial charge in [-0.2, -0.15) is 0 Å². The highest BCUT2D eigenvalue weighted by Gasteiger charge is 2.12. The Labute approximate surface area is 52.9 Å². The van der Waals surface area contributed by atoms with Crippen LogP contribution in [0.4, 0.5) is 0 Å². The Bertz CT molecular complexity index is 205. The van der Waals surface area contributed by atoms with Crippen molar-refractivity contribution in [2.24, 2.45) is 4.99 Å². The van der Waals surface area contributed by atoms with Crippen molar-refractivity contribution >= 4 is 6.34 Å². The molecule has 0 aromatic heterocycles. The second-order valence-corrected chi connectivity index (χ2v) is 1.83. The van der Waals surface area contributed by atoms with Gasteiger partial charge < -0.3 is 4.74 Å². The third-order valence-corrected chi connectivity index (χ3v) is 1.24. The van der Waals surface area contributed by atoms with Gasteiger partial charge in [0, 0.05) is 6.20 Å². The smallest absolute Gasteiger partial charge is 0.202 e. The van der Waals surface area contributed by atoms with E-state index in [1.807, 2.05) is 17.2 Å². The zero-order valence-corrected chi connectivity index (χ0v) is 4.82. The third kappa shape index (κ3) is 0.614. The molecule has 2 aliphatic rings. The molecule has 0 aromatic rings. The maximum Gasteiger partial charge on any atom is 0.202 e. The zero-order valence-electron chi connectivity index (χ0n) is 4.82. The van der Waals surface area contributed by atoms with Crippen LogP contribution >= 0.6 is 0 Å². The second-order valence-electron chi connectivity index (χ2n) is 1.83. The lowest BCUT2D eigenvalue weighted by Crippen LogP contribution is -2.14. The zero-order chi connectivity index (χ0) is 6.10. The van der Waals surface area contributed by atoms with Gasteiger partial charge in [0.15, 0.2) is 0 Å². The minimum absolute atomic E-state index is 0.730. The summed E-state index contributed by atoms with van der Waals surface area (Å²) >= 11 is 0. The molecule has 0 radical (unpaired) electrons. The van der Waals surface area contributed by atoms with E-state index in [0.29, 0.717) is 0 Å². The van der Waals surface area contributed by atoms with Crippen LogP contribution in [0.25, 0.3) is 0 Å². The van der Waals surface area contributed by atoms with Crippen LogP contribution in [0.15, 0.2) is 29.4 Å². The molecule has 0 N–H and O–H groups in total. The minimum Gasteiger partial charge on any atom is -0.447 e. The van der Waals surface area contributed by atoms with Crippen LogP contribution in [-0.4, -0.2) is 17.8 Å². The monoisotopic (exact) mass is 122 g/mol. The molecule has 3 heteroatoms. The van der Waals surface area contributed by atoms with Crippen molar-refractivity contribution in [1.29, 1.82) is 0 Å². The van der Waals surface area contributed by atoms with Crippen molar-refractivity contribution in [2.45, 2.75) is 0 Å². The molecule has 0 fully saturated rings. The van der Waals surface area contributed by atoms with Gasteiger partial charge in [0.25, 0.3) is 0 Å². The van der Waals surface area contributed by atoms with Crippen LogP contribution in [0, 0.1) is 0 Å². The second kappa shape index (κ2) is 1.62. The van der Waals surface area contributed by atoms with E-state index in [0.717, 1.165) is 12.4 Å². The number of fused-ring (bicyclic) bond motifs is 1. The van der Waals surface area contributed by atoms with Crippen molar-refractivity contribution in [3.63, 3.8) is 0 Å². The van der Waals surface area contributed by atoms with Crippen LogP contribution in [0.5, 0.6) is 0 Å². The van der Waals surface area contributed by atoms with Gasteiger partial charge in [-0.3, -0.25) is 9.89 Å². The molecule has 2 heterocycles. The summed E-state index contributed by atoms with van der Waals surface area (Å²) in [5, 5.41) is 0. The summed E-state index contributed by atoms with van der Waals surface area (Å²) in [4.78, 5) is 5.85. The van der Waals surface area contributed by atoms with Gasteiger partial charge in [-0.1, -0.05) is 0 Å². The topological polar surface area (TPSA) is 24.8 Å². The van der Waals surface area contributed by atoms with Crippen molar-refractivity contribution in [3.05, 3.63) is 24.4 Å². The van der Waals surface area contributed by atoms with Gasteiger partial charge in [-0.25, -0.2) is 0 Å². The van der Waals surface area contributed by atoms with Crippen molar-refractivity contribution in [1.82, 2.24) is 4.90 Å². The van der Waals surface area contributed by atoms with Crippen molar-refractivity contribution in [3.8, 4) is 0 Å². The first-order valence-electron chi connectivity index (χ1n) is 2.78. The van der Waals surface area contributed by atoms with E-state index in [1.54, 1.807) is 12.6 Å². The summed E-state index contributed by atoms with van der Waals surface area (Å²) in [7, 11) is 0.